The lowest BCUT2D eigenvalue weighted by Gasteiger charge is -2.10. The lowest BCUT2D eigenvalue weighted by Crippen LogP contribution is -2.11. The molecule has 0 saturated heterocycles. The number of nitrogens with two attached hydrogens (primary N) is 1. The van der Waals surface area contributed by atoms with E-state index in [1.165, 1.54) is 12.3 Å². The molecule has 0 unspecified atom stereocenters. The summed E-state index contributed by atoms with van der Waals surface area (Å²) in [6.07, 6.45) is -1.46. The van der Waals surface area contributed by atoms with Crippen molar-refractivity contribution < 1.29 is 13.2 Å². The highest BCUT2D eigenvalue weighted by Crippen LogP contribution is 2.44. The topological polar surface area (TPSA) is 38.9 Å². The van der Waals surface area contributed by atoms with Crippen LogP contribution in [-0.4, -0.2) is 11.0 Å². The zero-order chi connectivity index (χ0) is 10.3. The summed E-state index contributed by atoms with van der Waals surface area (Å²) in [5.41, 5.74) is 5.15. The lowest BCUT2D eigenvalue weighted by atomic mass is 10.1. The highest BCUT2D eigenvalue weighted by atomic mass is 19.4. The average Bonchev–Trinajstić information content (AvgIpc) is 2.81. The first-order valence-corrected chi connectivity index (χ1v) is 4.27. The van der Waals surface area contributed by atoms with Crippen molar-refractivity contribution in [3.63, 3.8) is 0 Å². The van der Waals surface area contributed by atoms with Gasteiger partial charge in [0.05, 0.1) is 5.56 Å². The van der Waals surface area contributed by atoms with Gasteiger partial charge in [0.1, 0.15) is 0 Å². The Hall–Kier alpha value is -1.10. The van der Waals surface area contributed by atoms with E-state index in [2.05, 4.69) is 4.98 Å². The summed E-state index contributed by atoms with van der Waals surface area (Å²) in [5.74, 6) is -0.144. The van der Waals surface area contributed by atoms with Gasteiger partial charge >= 0.3 is 6.18 Å². The first kappa shape index (κ1) is 9.45. The van der Waals surface area contributed by atoms with Gasteiger partial charge in [-0.1, -0.05) is 0 Å². The van der Waals surface area contributed by atoms with E-state index in [-0.39, 0.29) is 17.5 Å². The van der Waals surface area contributed by atoms with Crippen LogP contribution < -0.4 is 5.73 Å². The Labute approximate surface area is 78.9 Å². The van der Waals surface area contributed by atoms with Crippen molar-refractivity contribution in [2.45, 2.75) is 24.6 Å². The Morgan fingerprint density at radius 2 is 2.07 bits per heavy atom. The zero-order valence-corrected chi connectivity index (χ0v) is 7.25. The quantitative estimate of drug-likeness (QED) is 0.755. The van der Waals surface area contributed by atoms with E-state index >= 15 is 0 Å². The Kier molecular flexibility index (Phi) is 1.99. The molecule has 1 fully saturated rings. The molecule has 0 radical (unpaired) electrons. The minimum atomic E-state index is -4.33. The number of halogens is 3. The molecule has 0 bridgehead atoms. The highest BCUT2D eigenvalue weighted by Gasteiger charge is 2.42. The van der Waals surface area contributed by atoms with Gasteiger partial charge in [0.15, 0.2) is 0 Å². The van der Waals surface area contributed by atoms with Crippen molar-refractivity contribution in [1.82, 2.24) is 4.98 Å². The summed E-state index contributed by atoms with van der Waals surface area (Å²) in [6, 6.07) is 1.28. The molecular weight excluding hydrogens is 193 g/mol. The van der Waals surface area contributed by atoms with Gasteiger partial charge in [-0.15, -0.1) is 0 Å². The molecule has 1 aliphatic rings. The molecule has 1 aromatic rings. The van der Waals surface area contributed by atoms with Gasteiger partial charge in [0.25, 0.3) is 0 Å². The normalized spacial score (nSPS) is 26.3. The second-order valence-electron chi connectivity index (χ2n) is 3.47. The van der Waals surface area contributed by atoms with Crippen LogP contribution in [0.4, 0.5) is 13.2 Å². The lowest BCUT2D eigenvalue weighted by molar-refractivity contribution is -0.138. The van der Waals surface area contributed by atoms with E-state index in [9.17, 15) is 13.2 Å². The molecule has 0 spiro atoms. The summed E-state index contributed by atoms with van der Waals surface area (Å²) < 4.78 is 37.4. The van der Waals surface area contributed by atoms with Crippen LogP contribution >= 0.6 is 0 Å². The Balaban J connectivity index is 2.39. The summed E-state index contributed by atoms with van der Waals surface area (Å²) in [7, 11) is 0. The van der Waals surface area contributed by atoms with Crippen LogP contribution in [0.3, 0.4) is 0 Å². The van der Waals surface area contributed by atoms with E-state index in [1.54, 1.807) is 0 Å². The second-order valence-corrected chi connectivity index (χ2v) is 3.47. The summed E-state index contributed by atoms with van der Waals surface area (Å²) in [5, 5.41) is 0. The Morgan fingerprint density at radius 1 is 1.43 bits per heavy atom. The zero-order valence-electron chi connectivity index (χ0n) is 7.25. The molecular formula is C9H9F3N2. The number of aromatic nitrogens is 1. The predicted octanol–water partition coefficient (Wildman–Crippen LogP) is 1.92. The van der Waals surface area contributed by atoms with E-state index < -0.39 is 11.7 Å². The van der Waals surface area contributed by atoms with E-state index in [0.29, 0.717) is 6.42 Å². The van der Waals surface area contributed by atoms with Gasteiger partial charge in [-0.2, -0.15) is 13.2 Å². The number of nitrogens with zero attached hydrogens (tertiary/aromatic N) is 1. The van der Waals surface area contributed by atoms with Gasteiger partial charge in [-0.25, -0.2) is 0 Å². The molecule has 0 aromatic carbocycles. The van der Waals surface area contributed by atoms with Crippen LogP contribution in [0.5, 0.6) is 0 Å². The Morgan fingerprint density at radius 3 is 2.57 bits per heavy atom. The van der Waals surface area contributed by atoms with Crippen LogP contribution in [0.15, 0.2) is 18.5 Å². The van der Waals surface area contributed by atoms with Crippen molar-refractivity contribution in [2.75, 3.05) is 0 Å². The monoisotopic (exact) mass is 202 g/mol. The third kappa shape index (κ3) is 1.59. The molecule has 1 saturated carbocycles. The van der Waals surface area contributed by atoms with Crippen molar-refractivity contribution in [3.05, 3.63) is 29.6 Å². The molecule has 0 amide bonds. The molecule has 2 N–H and O–H groups in total. The maximum Gasteiger partial charge on any atom is 0.418 e. The van der Waals surface area contributed by atoms with E-state index in [1.807, 2.05) is 0 Å². The molecule has 2 rings (SSSR count). The van der Waals surface area contributed by atoms with Gasteiger partial charge in [-0.3, -0.25) is 4.98 Å². The highest BCUT2D eigenvalue weighted by molar-refractivity contribution is 5.35. The van der Waals surface area contributed by atoms with Crippen molar-refractivity contribution in [2.24, 2.45) is 5.73 Å². The molecule has 14 heavy (non-hydrogen) atoms. The van der Waals surface area contributed by atoms with E-state index in [4.69, 9.17) is 5.73 Å². The number of pyridine rings is 1. The second kappa shape index (κ2) is 2.95. The number of alkyl halides is 3. The fourth-order valence-electron chi connectivity index (χ4n) is 1.54. The summed E-state index contributed by atoms with van der Waals surface area (Å²) >= 11 is 0. The minimum Gasteiger partial charge on any atom is -0.327 e. The first-order chi connectivity index (χ1) is 6.50. The van der Waals surface area contributed by atoms with Crippen LogP contribution in [0.1, 0.15) is 23.5 Å². The fraction of sp³-hybridized carbons (Fsp3) is 0.444. The third-order valence-corrected chi connectivity index (χ3v) is 2.40. The smallest absolute Gasteiger partial charge is 0.327 e. The first-order valence-electron chi connectivity index (χ1n) is 4.27. The molecule has 1 aliphatic carbocycles. The fourth-order valence-corrected chi connectivity index (χ4v) is 1.54. The van der Waals surface area contributed by atoms with Gasteiger partial charge in [-0.05, 0) is 18.1 Å². The van der Waals surface area contributed by atoms with Crippen molar-refractivity contribution >= 4 is 0 Å². The van der Waals surface area contributed by atoms with Crippen LogP contribution in [-0.2, 0) is 6.18 Å². The molecule has 1 aromatic heterocycles. The molecule has 5 heteroatoms. The maximum absolute atomic E-state index is 12.5. The Bertz CT molecular complexity index is 348. The summed E-state index contributed by atoms with van der Waals surface area (Å²) in [6.45, 7) is 0. The largest absolute Gasteiger partial charge is 0.418 e. The molecule has 2 nitrogen and oxygen atoms in total. The third-order valence-electron chi connectivity index (χ3n) is 2.40. The predicted molar refractivity (Wildman–Crippen MR) is 44.6 cm³/mol. The van der Waals surface area contributed by atoms with Crippen LogP contribution in [0, 0.1) is 0 Å². The van der Waals surface area contributed by atoms with Crippen LogP contribution in [0.2, 0.25) is 0 Å². The number of hydrogen-bond acceptors (Lipinski definition) is 2. The SMILES string of the molecule is N[C@@H]1C[C@H]1c1ccncc1C(F)(F)F. The minimum absolute atomic E-state index is 0.126. The molecule has 1 heterocycles. The molecule has 76 valence electrons. The van der Waals surface area contributed by atoms with Gasteiger partial charge < -0.3 is 5.73 Å². The average molecular weight is 202 g/mol. The van der Waals surface area contributed by atoms with Crippen LogP contribution in [0.25, 0.3) is 0 Å². The standard InChI is InChI=1S/C9H9F3N2/c10-9(11,12)7-4-14-2-1-5(7)6-3-8(6)13/h1-2,4,6,8H,3,13H2/t6-,8+/m0/s1. The molecule has 2 atom stereocenters. The van der Waals surface area contributed by atoms with E-state index in [0.717, 1.165) is 6.20 Å². The molecule has 0 aliphatic heterocycles. The van der Waals surface area contributed by atoms with Gasteiger partial charge in [0, 0.05) is 24.4 Å². The maximum atomic E-state index is 12.5. The van der Waals surface area contributed by atoms with Crippen molar-refractivity contribution in [1.29, 1.82) is 0 Å². The summed E-state index contributed by atoms with van der Waals surface area (Å²) in [4.78, 5) is 3.49. The van der Waals surface area contributed by atoms with Crippen molar-refractivity contribution in [3.8, 4) is 0 Å². The van der Waals surface area contributed by atoms with Gasteiger partial charge in [0.2, 0.25) is 0 Å². The number of rotatable bonds is 1. The number of hydrogen-bond donors (Lipinski definition) is 1.